The third-order valence-corrected chi connectivity index (χ3v) is 2.83. The van der Waals surface area contributed by atoms with Crippen molar-refractivity contribution in [2.24, 2.45) is 5.92 Å². The van der Waals surface area contributed by atoms with Crippen LogP contribution in [0.2, 0.25) is 0 Å². The van der Waals surface area contributed by atoms with Crippen molar-refractivity contribution in [1.29, 1.82) is 0 Å². The molecule has 1 fully saturated rings. The van der Waals surface area contributed by atoms with E-state index >= 15 is 0 Å². The standard InChI is InChI=1S/C8H8O2.C6H13N/c9-8(10)6-7-4-2-1-3-5-7;1-6-2-4-7-5-3-6/h1-5H,6H2,(H,9,10);6-7H,2-5H2,1H3. The quantitative estimate of drug-likeness (QED) is 0.827. The number of piperidine rings is 1. The van der Waals surface area contributed by atoms with Gasteiger partial charge in [-0.3, -0.25) is 4.79 Å². The Morgan fingerprint density at radius 2 is 1.88 bits per heavy atom. The highest BCUT2D eigenvalue weighted by atomic mass is 16.4. The Bertz CT molecular complexity index is 318. The van der Waals surface area contributed by atoms with Gasteiger partial charge in [0.2, 0.25) is 0 Å². The Hall–Kier alpha value is -1.35. The van der Waals surface area contributed by atoms with Gasteiger partial charge in [0.25, 0.3) is 0 Å². The molecule has 1 aliphatic rings. The van der Waals surface area contributed by atoms with Crippen LogP contribution < -0.4 is 5.32 Å². The number of carbonyl (C=O) groups is 1. The molecule has 1 saturated heterocycles. The third kappa shape index (κ3) is 6.74. The summed E-state index contributed by atoms with van der Waals surface area (Å²) in [6, 6.07) is 9.13. The molecule has 1 aromatic rings. The Morgan fingerprint density at radius 3 is 2.29 bits per heavy atom. The maximum atomic E-state index is 10.2. The molecule has 0 aromatic heterocycles. The topological polar surface area (TPSA) is 49.3 Å². The van der Waals surface area contributed by atoms with E-state index in [1.54, 1.807) is 12.1 Å². The summed E-state index contributed by atoms with van der Waals surface area (Å²) in [6.07, 6.45) is 2.86. The van der Waals surface area contributed by atoms with Crippen LogP contribution in [0.15, 0.2) is 30.3 Å². The van der Waals surface area contributed by atoms with Crippen molar-refractivity contribution in [3.8, 4) is 0 Å². The second-order valence-corrected chi connectivity index (χ2v) is 4.49. The molecule has 3 heteroatoms. The van der Waals surface area contributed by atoms with E-state index in [1.807, 2.05) is 18.2 Å². The summed E-state index contributed by atoms with van der Waals surface area (Å²) in [5.41, 5.74) is 0.843. The predicted octanol–water partition coefficient (Wildman–Crippen LogP) is 2.32. The van der Waals surface area contributed by atoms with Crippen LogP contribution in [0.1, 0.15) is 25.3 Å². The summed E-state index contributed by atoms with van der Waals surface area (Å²) in [5.74, 6) is 0.187. The molecular weight excluding hydrogens is 214 g/mol. The molecule has 94 valence electrons. The number of carboxylic acids is 1. The molecule has 0 unspecified atom stereocenters. The molecule has 0 aliphatic carbocycles. The zero-order chi connectivity index (χ0) is 12.5. The van der Waals surface area contributed by atoms with Crippen molar-refractivity contribution < 1.29 is 9.90 Å². The fourth-order valence-electron chi connectivity index (χ4n) is 1.74. The first-order valence-electron chi connectivity index (χ1n) is 6.15. The lowest BCUT2D eigenvalue weighted by atomic mass is 10.0. The van der Waals surface area contributed by atoms with Gasteiger partial charge in [0.1, 0.15) is 0 Å². The van der Waals surface area contributed by atoms with Crippen molar-refractivity contribution in [3.05, 3.63) is 35.9 Å². The minimum atomic E-state index is -0.786. The Kier molecular flexibility index (Phi) is 6.33. The average molecular weight is 235 g/mol. The number of rotatable bonds is 2. The highest BCUT2D eigenvalue weighted by Gasteiger charge is 2.05. The number of nitrogens with one attached hydrogen (secondary N) is 1. The van der Waals surface area contributed by atoms with Gasteiger partial charge in [0.05, 0.1) is 6.42 Å². The summed E-state index contributed by atoms with van der Waals surface area (Å²) in [7, 11) is 0. The fourth-order valence-corrected chi connectivity index (χ4v) is 1.74. The predicted molar refractivity (Wildman–Crippen MR) is 69.0 cm³/mol. The SMILES string of the molecule is CC1CCNCC1.O=C(O)Cc1ccccc1. The van der Waals surface area contributed by atoms with E-state index in [4.69, 9.17) is 5.11 Å². The second kappa shape index (κ2) is 7.85. The number of hydrogen-bond donors (Lipinski definition) is 2. The largest absolute Gasteiger partial charge is 0.481 e. The first-order chi connectivity index (χ1) is 8.18. The van der Waals surface area contributed by atoms with Crippen molar-refractivity contribution in [2.75, 3.05) is 13.1 Å². The van der Waals surface area contributed by atoms with Crippen molar-refractivity contribution >= 4 is 5.97 Å². The van der Waals surface area contributed by atoms with E-state index in [1.165, 1.54) is 25.9 Å². The molecule has 2 N–H and O–H groups in total. The first-order valence-corrected chi connectivity index (χ1v) is 6.15. The molecule has 1 heterocycles. The smallest absolute Gasteiger partial charge is 0.307 e. The number of aliphatic carboxylic acids is 1. The molecule has 1 aliphatic heterocycles. The molecule has 0 radical (unpaired) electrons. The summed E-state index contributed by atoms with van der Waals surface area (Å²) in [4.78, 5) is 10.2. The normalized spacial score (nSPS) is 15.8. The summed E-state index contributed by atoms with van der Waals surface area (Å²) in [6.45, 7) is 4.79. The Balaban J connectivity index is 0.000000181. The van der Waals surface area contributed by atoms with Crippen molar-refractivity contribution in [3.63, 3.8) is 0 Å². The molecule has 0 saturated carbocycles. The van der Waals surface area contributed by atoms with E-state index in [-0.39, 0.29) is 6.42 Å². The van der Waals surface area contributed by atoms with Gasteiger partial charge in [-0.05, 0) is 37.4 Å². The highest BCUT2D eigenvalue weighted by molar-refractivity contribution is 5.70. The average Bonchev–Trinajstić information content (AvgIpc) is 2.31. The fraction of sp³-hybridized carbons (Fsp3) is 0.500. The zero-order valence-corrected chi connectivity index (χ0v) is 10.4. The number of benzene rings is 1. The van der Waals surface area contributed by atoms with Gasteiger partial charge in [0.15, 0.2) is 0 Å². The second-order valence-electron chi connectivity index (χ2n) is 4.49. The molecule has 2 rings (SSSR count). The van der Waals surface area contributed by atoms with E-state index in [2.05, 4.69) is 12.2 Å². The van der Waals surface area contributed by atoms with Gasteiger partial charge in [-0.25, -0.2) is 0 Å². The molecule has 1 aromatic carbocycles. The van der Waals surface area contributed by atoms with Gasteiger partial charge in [0, 0.05) is 0 Å². The summed E-state index contributed by atoms with van der Waals surface area (Å²) < 4.78 is 0. The van der Waals surface area contributed by atoms with E-state index in [0.717, 1.165) is 11.5 Å². The minimum absolute atomic E-state index is 0.112. The van der Waals surface area contributed by atoms with Crippen LogP contribution in [0, 0.1) is 5.92 Å². The number of hydrogen-bond acceptors (Lipinski definition) is 2. The van der Waals surface area contributed by atoms with Crippen LogP contribution in [0.25, 0.3) is 0 Å². The van der Waals surface area contributed by atoms with Gasteiger partial charge in [-0.2, -0.15) is 0 Å². The molecule has 3 nitrogen and oxygen atoms in total. The minimum Gasteiger partial charge on any atom is -0.481 e. The van der Waals surface area contributed by atoms with Gasteiger partial charge >= 0.3 is 5.97 Å². The molecular formula is C14H21NO2. The zero-order valence-electron chi connectivity index (χ0n) is 10.4. The Morgan fingerprint density at radius 1 is 1.29 bits per heavy atom. The van der Waals surface area contributed by atoms with Crippen LogP contribution in [0.5, 0.6) is 0 Å². The van der Waals surface area contributed by atoms with Gasteiger partial charge < -0.3 is 10.4 Å². The van der Waals surface area contributed by atoms with E-state index < -0.39 is 5.97 Å². The summed E-state index contributed by atoms with van der Waals surface area (Å²) >= 11 is 0. The monoisotopic (exact) mass is 235 g/mol. The van der Waals surface area contributed by atoms with E-state index in [0.29, 0.717) is 0 Å². The van der Waals surface area contributed by atoms with E-state index in [9.17, 15) is 4.79 Å². The van der Waals surface area contributed by atoms with Crippen LogP contribution in [0.4, 0.5) is 0 Å². The first kappa shape index (κ1) is 13.7. The van der Waals surface area contributed by atoms with Crippen molar-refractivity contribution in [2.45, 2.75) is 26.2 Å². The lowest BCUT2D eigenvalue weighted by molar-refractivity contribution is -0.136. The molecule has 17 heavy (non-hydrogen) atoms. The van der Waals surface area contributed by atoms with Gasteiger partial charge in [-0.15, -0.1) is 0 Å². The van der Waals surface area contributed by atoms with Crippen molar-refractivity contribution in [1.82, 2.24) is 5.32 Å². The maximum absolute atomic E-state index is 10.2. The van der Waals surface area contributed by atoms with Crippen LogP contribution >= 0.6 is 0 Å². The van der Waals surface area contributed by atoms with Gasteiger partial charge in [-0.1, -0.05) is 37.3 Å². The lowest BCUT2D eigenvalue weighted by Gasteiger charge is -2.17. The number of carboxylic acid groups (broad SMARTS) is 1. The van der Waals surface area contributed by atoms with Crippen LogP contribution in [-0.4, -0.2) is 24.2 Å². The Labute approximate surface area is 103 Å². The molecule has 0 amide bonds. The highest BCUT2D eigenvalue weighted by Crippen LogP contribution is 2.08. The maximum Gasteiger partial charge on any atom is 0.307 e. The third-order valence-electron chi connectivity index (χ3n) is 2.83. The lowest BCUT2D eigenvalue weighted by Crippen LogP contribution is -2.26. The van der Waals surface area contributed by atoms with Crippen LogP contribution in [-0.2, 0) is 11.2 Å². The molecule has 0 spiro atoms. The molecule has 0 atom stereocenters. The summed E-state index contributed by atoms with van der Waals surface area (Å²) in [5, 5.41) is 11.7. The molecule has 0 bridgehead atoms. The van der Waals surface area contributed by atoms with Crippen LogP contribution in [0.3, 0.4) is 0 Å².